The van der Waals surface area contributed by atoms with Crippen LogP contribution < -0.4 is 5.32 Å². The minimum atomic E-state index is -0.250. The van der Waals surface area contributed by atoms with E-state index in [4.69, 9.17) is 9.90 Å². The number of piperazine rings is 1. The number of benzene rings is 1. The lowest BCUT2D eigenvalue weighted by Gasteiger charge is -2.31. The number of nitrogens with one attached hydrogen (secondary N) is 1. The molecule has 0 aliphatic carbocycles. The summed E-state index contributed by atoms with van der Waals surface area (Å²) in [4.78, 5) is 29.3. The van der Waals surface area contributed by atoms with E-state index >= 15 is 0 Å². The molecular weight excluding hydrogens is 316 g/mol. The average Bonchev–Trinajstić information content (AvgIpc) is 2.92. The molecule has 0 radical (unpaired) electrons. The van der Waals surface area contributed by atoms with Crippen LogP contribution in [0.1, 0.15) is 0 Å². The first-order valence-electron chi connectivity index (χ1n) is 7.26. The summed E-state index contributed by atoms with van der Waals surface area (Å²) in [5, 5.41) is 10.5. The van der Waals surface area contributed by atoms with Crippen molar-refractivity contribution in [3.8, 4) is 0 Å². The van der Waals surface area contributed by atoms with E-state index in [9.17, 15) is 4.79 Å². The number of anilines is 1. The maximum atomic E-state index is 12.0. The summed E-state index contributed by atoms with van der Waals surface area (Å²) in [6.45, 7) is 4.14. The molecule has 1 aliphatic rings. The Labute approximate surface area is 138 Å². The van der Waals surface area contributed by atoms with Gasteiger partial charge in [-0.3, -0.25) is 14.5 Å². The maximum absolute atomic E-state index is 12.0. The van der Waals surface area contributed by atoms with Gasteiger partial charge in [0.05, 0.1) is 16.8 Å². The predicted molar refractivity (Wildman–Crippen MR) is 90.9 cm³/mol. The van der Waals surface area contributed by atoms with Gasteiger partial charge in [0.25, 0.3) is 6.47 Å². The number of likely N-dealkylation sites (N-methyl/N-ethyl adjacent to an activating group) is 1. The number of aromatic nitrogens is 1. The molecule has 0 unspecified atom stereocenters. The predicted octanol–water partition coefficient (Wildman–Crippen LogP) is 1.18. The van der Waals surface area contributed by atoms with E-state index in [2.05, 4.69) is 27.1 Å². The smallest absolute Gasteiger partial charge is 0.290 e. The highest BCUT2D eigenvalue weighted by atomic mass is 32.1. The number of amides is 1. The number of rotatable bonds is 3. The highest BCUT2D eigenvalue weighted by Crippen LogP contribution is 2.25. The Hall–Kier alpha value is -2.03. The summed E-state index contributed by atoms with van der Waals surface area (Å²) in [5.41, 5.74) is 0.937. The molecule has 1 saturated heterocycles. The van der Waals surface area contributed by atoms with E-state index in [-0.39, 0.29) is 12.4 Å². The topological polar surface area (TPSA) is 85.8 Å². The second-order valence-electron chi connectivity index (χ2n) is 5.22. The van der Waals surface area contributed by atoms with Gasteiger partial charge in [-0.25, -0.2) is 4.98 Å². The van der Waals surface area contributed by atoms with Crippen LogP contribution >= 0.6 is 11.3 Å². The van der Waals surface area contributed by atoms with E-state index in [1.165, 1.54) is 11.3 Å². The van der Waals surface area contributed by atoms with Crippen molar-refractivity contribution in [2.75, 3.05) is 45.1 Å². The zero-order valence-corrected chi connectivity index (χ0v) is 13.8. The van der Waals surface area contributed by atoms with Crippen LogP contribution in [0.3, 0.4) is 0 Å². The number of para-hydroxylation sites is 1. The van der Waals surface area contributed by atoms with E-state index in [0.717, 1.165) is 36.4 Å². The molecule has 1 amide bonds. The molecule has 23 heavy (non-hydrogen) atoms. The molecule has 124 valence electrons. The van der Waals surface area contributed by atoms with Crippen molar-refractivity contribution in [2.45, 2.75) is 0 Å². The fourth-order valence-corrected chi connectivity index (χ4v) is 3.18. The molecule has 1 aromatic heterocycles. The van der Waals surface area contributed by atoms with Crippen LogP contribution in [-0.2, 0) is 9.59 Å². The molecule has 2 N–H and O–H groups in total. The van der Waals surface area contributed by atoms with Gasteiger partial charge in [0.1, 0.15) is 0 Å². The summed E-state index contributed by atoms with van der Waals surface area (Å²) in [7, 11) is 2.11. The minimum absolute atomic E-state index is 0.0219. The molecule has 0 saturated carbocycles. The lowest BCUT2D eigenvalue weighted by Crippen LogP contribution is -2.47. The Bertz CT molecular complexity index is 620. The number of fused-ring (bicyclic) bond motifs is 1. The third kappa shape index (κ3) is 5.27. The molecule has 0 bridgehead atoms. The van der Waals surface area contributed by atoms with Crippen molar-refractivity contribution in [3.05, 3.63) is 24.3 Å². The summed E-state index contributed by atoms with van der Waals surface area (Å²) in [6, 6.07) is 7.92. The maximum Gasteiger partial charge on any atom is 0.290 e. The van der Waals surface area contributed by atoms with Crippen LogP contribution in [0.4, 0.5) is 5.13 Å². The fraction of sp³-hybridized carbons (Fsp3) is 0.400. The van der Waals surface area contributed by atoms with Gasteiger partial charge in [0.2, 0.25) is 5.91 Å². The molecule has 3 rings (SSSR count). The molecule has 1 aromatic carbocycles. The van der Waals surface area contributed by atoms with E-state index in [1.807, 2.05) is 24.3 Å². The molecule has 8 heteroatoms. The molecule has 7 nitrogen and oxygen atoms in total. The number of carbonyl (C=O) groups excluding carboxylic acids is 1. The Morgan fingerprint density at radius 2 is 2.00 bits per heavy atom. The number of carbonyl (C=O) groups is 2. The average molecular weight is 336 g/mol. The van der Waals surface area contributed by atoms with E-state index in [0.29, 0.717) is 11.7 Å². The second kappa shape index (κ2) is 8.56. The normalized spacial score (nSPS) is 15.7. The molecule has 0 spiro atoms. The molecule has 2 heterocycles. The molecule has 1 fully saturated rings. The number of hydrogen-bond acceptors (Lipinski definition) is 6. The Morgan fingerprint density at radius 1 is 1.35 bits per heavy atom. The molecule has 0 atom stereocenters. The first-order valence-corrected chi connectivity index (χ1v) is 8.08. The standard InChI is InChI=1S/C14H18N4OS.CH2O2/c1-17-6-8-18(9-7-17)10-13(19)16-14-15-11-4-2-3-5-12(11)20-14;2-1-3/h2-5H,6-10H2,1H3,(H,15,16,19);1H,(H,2,3). The summed E-state index contributed by atoms with van der Waals surface area (Å²) >= 11 is 1.52. The molecule has 1 aliphatic heterocycles. The Morgan fingerprint density at radius 3 is 2.65 bits per heavy atom. The minimum Gasteiger partial charge on any atom is -0.483 e. The SMILES string of the molecule is CN1CCN(CC(=O)Nc2nc3ccccc3s2)CC1.O=CO. The van der Waals surface area contributed by atoms with Gasteiger partial charge >= 0.3 is 0 Å². The van der Waals surface area contributed by atoms with Crippen LogP contribution in [0, 0.1) is 0 Å². The Kier molecular flexibility index (Phi) is 6.45. The van der Waals surface area contributed by atoms with Gasteiger partial charge in [-0.1, -0.05) is 23.5 Å². The largest absolute Gasteiger partial charge is 0.483 e. The number of hydrogen-bond donors (Lipinski definition) is 2. The van der Waals surface area contributed by atoms with Gasteiger partial charge < -0.3 is 15.3 Å². The summed E-state index contributed by atoms with van der Waals surface area (Å²) in [6.07, 6.45) is 0. The lowest BCUT2D eigenvalue weighted by molar-refractivity contribution is -0.123. The molecular formula is C15H20N4O3S. The summed E-state index contributed by atoms with van der Waals surface area (Å²) < 4.78 is 1.10. The van der Waals surface area contributed by atoms with Crippen LogP contribution in [0.2, 0.25) is 0 Å². The monoisotopic (exact) mass is 336 g/mol. The zero-order valence-electron chi connectivity index (χ0n) is 12.9. The van der Waals surface area contributed by atoms with Crippen LogP contribution in [0.25, 0.3) is 10.2 Å². The van der Waals surface area contributed by atoms with Gasteiger partial charge in [0.15, 0.2) is 5.13 Å². The highest BCUT2D eigenvalue weighted by Gasteiger charge is 2.17. The van der Waals surface area contributed by atoms with Gasteiger partial charge in [-0.2, -0.15) is 0 Å². The van der Waals surface area contributed by atoms with Crippen molar-refractivity contribution >= 4 is 39.1 Å². The van der Waals surface area contributed by atoms with Crippen molar-refractivity contribution in [2.24, 2.45) is 0 Å². The van der Waals surface area contributed by atoms with Gasteiger partial charge in [0, 0.05) is 26.2 Å². The quantitative estimate of drug-likeness (QED) is 0.819. The third-order valence-electron chi connectivity index (χ3n) is 3.50. The van der Waals surface area contributed by atoms with Crippen molar-refractivity contribution in [1.82, 2.24) is 14.8 Å². The van der Waals surface area contributed by atoms with E-state index < -0.39 is 0 Å². The number of nitrogens with zero attached hydrogens (tertiary/aromatic N) is 3. The Balaban J connectivity index is 0.000000595. The van der Waals surface area contributed by atoms with Gasteiger partial charge in [-0.15, -0.1) is 0 Å². The van der Waals surface area contributed by atoms with Crippen LogP contribution in [0.15, 0.2) is 24.3 Å². The number of carboxylic acid groups (broad SMARTS) is 1. The van der Waals surface area contributed by atoms with Gasteiger partial charge in [-0.05, 0) is 19.2 Å². The zero-order chi connectivity index (χ0) is 16.7. The van der Waals surface area contributed by atoms with Crippen molar-refractivity contribution < 1.29 is 14.7 Å². The highest BCUT2D eigenvalue weighted by molar-refractivity contribution is 7.22. The number of thiazole rings is 1. The lowest BCUT2D eigenvalue weighted by atomic mass is 10.3. The van der Waals surface area contributed by atoms with Crippen LogP contribution in [0.5, 0.6) is 0 Å². The first kappa shape index (κ1) is 17.3. The first-order chi connectivity index (χ1) is 11.1. The van der Waals surface area contributed by atoms with Crippen molar-refractivity contribution in [1.29, 1.82) is 0 Å². The third-order valence-corrected chi connectivity index (χ3v) is 4.46. The summed E-state index contributed by atoms with van der Waals surface area (Å²) in [5.74, 6) is 0.0219. The van der Waals surface area contributed by atoms with E-state index in [1.54, 1.807) is 0 Å². The van der Waals surface area contributed by atoms with Crippen molar-refractivity contribution in [3.63, 3.8) is 0 Å². The second-order valence-corrected chi connectivity index (χ2v) is 6.25. The molecule has 2 aromatic rings. The van der Waals surface area contributed by atoms with Crippen LogP contribution in [-0.4, -0.2) is 72.0 Å². The fourth-order valence-electron chi connectivity index (χ4n) is 2.29.